The van der Waals surface area contributed by atoms with E-state index >= 15 is 0 Å². The number of fused-ring (bicyclic) bond motifs is 2. The lowest BCUT2D eigenvalue weighted by atomic mass is 10.0. The number of hydrogen-bond donors (Lipinski definition) is 2. The third kappa shape index (κ3) is 3.49. The van der Waals surface area contributed by atoms with E-state index in [1.54, 1.807) is 17.0 Å². The van der Waals surface area contributed by atoms with Gasteiger partial charge >= 0.3 is 6.18 Å². The van der Waals surface area contributed by atoms with Crippen molar-refractivity contribution in [3.05, 3.63) is 94.7 Å². The number of benzene rings is 3. The van der Waals surface area contributed by atoms with Crippen LogP contribution in [0.25, 0.3) is 5.57 Å². The molecule has 2 N–H and O–H groups in total. The number of rotatable bonds is 3. The lowest BCUT2D eigenvalue weighted by Gasteiger charge is -2.23. The van der Waals surface area contributed by atoms with Crippen LogP contribution in [-0.4, -0.2) is 5.91 Å². The molecule has 32 heavy (non-hydrogen) atoms. The van der Waals surface area contributed by atoms with Gasteiger partial charge in [0.15, 0.2) is 0 Å². The summed E-state index contributed by atoms with van der Waals surface area (Å²) in [7, 11) is 0. The van der Waals surface area contributed by atoms with E-state index in [1.807, 2.05) is 43.3 Å². The molecule has 0 aliphatic carbocycles. The molecule has 0 spiro atoms. The Balaban J connectivity index is 1.46. The van der Waals surface area contributed by atoms with Crippen molar-refractivity contribution in [3.63, 3.8) is 0 Å². The molecule has 0 unspecified atom stereocenters. The molecule has 0 bridgehead atoms. The maximum Gasteiger partial charge on any atom is 0.418 e. The third-order valence-corrected chi connectivity index (χ3v) is 5.90. The number of carbonyl (C=O) groups is 1. The molecule has 4 nitrogen and oxygen atoms in total. The Hall–Kier alpha value is -3.74. The van der Waals surface area contributed by atoms with Crippen molar-refractivity contribution in [2.75, 3.05) is 15.5 Å². The first kappa shape index (κ1) is 20.2. The fourth-order valence-corrected chi connectivity index (χ4v) is 4.36. The van der Waals surface area contributed by atoms with Gasteiger partial charge in [-0.2, -0.15) is 13.2 Å². The Labute approximate surface area is 183 Å². The normalized spacial score (nSPS) is 16.2. The van der Waals surface area contributed by atoms with Crippen LogP contribution >= 0.6 is 0 Å². The maximum atomic E-state index is 13.9. The van der Waals surface area contributed by atoms with Crippen molar-refractivity contribution in [1.82, 2.24) is 0 Å². The Bertz CT molecular complexity index is 1240. The molecule has 3 aromatic rings. The molecule has 2 heterocycles. The van der Waals surface area contributed by atoms with E-state index in [1.165, 1.54) is 12.3 Å². The van der Waals surface area contributed by atoms with Crippen molar-refractivity contribution in [2.45, 2.75) is 26.2 Å². The Morgan fingerprint density at radius 1 is 1.00 bits per heavy atom. The molecular weight excluding hydrogens is 415 g/mol. The van der Waals surface area contributed by atoms with Gasteiger partial charge in [-0.05, 0) is 47.9 Å². The molecule has 0 aromatic heterocycles. The van der Waals surface area contributed by atoms with Crippen molar-refractivity contribution < 1.29 is 18.0 Å². The molecule has 0 saturated carbocycles. The lowest BCUT2D eigenvalue weighted by molar-refractivity contribution is -0.137. The third-order valence-electron chi connectivity index (χ3n) is 5.90. The highest BCUT2D eigenvalue weighted by Crippen LogP contribution is 2.41. The van der Waals surface area contributed by atoms with Crippen LogP contribution < -0.4 is 15.5 Å². The largest absolute Gasteiger partial charge is 0.418 e. The summed E-state index contributed by atoms with van der Waals surface area (Å²) in [5.74, 6) is -0.288. The summed E-state index contributed by atoms with van der Waals surface area (Å²) in [6.07, 6.45) is -3.04. The first-order valence-electron chi connectivity index (χ1n) is 10.2. The summed E-state index contributed by atoms with van der Waals surface area (Å²) in [5, 5.41) is 5.67. The summed E-state index contributed by atoms with van der Waals surface area (Å²) in [6.45, 7) is 2.76. The topological polar surface area (TPSA) is 44.4 Å². The lowest BCUT2D eigenvalue weighted by Crippen LogP contribution is -2.20. The molecular formula is C25H20F3N3O. The Morgan fingerprint density at radius 3 is 2.41 bits per heavy atom. The molecule has 0 fully saturated rings. The van der Waals surface area contributed by atoms with Crippen molar-refractivity contribution in [2.24, 2.45) is 0 Å². The minimum atomic E-state index is -4.51. The average molecular weight is 435 g/mol. The average Bonchev–Trinajstić information content (AvgIpc) is 3.32. The number of nitrogens with one attached hydrogen (secondary N) is 2. The smallest absolute Gasteiger partial charge is 0.362 e. The van der Waals surface area contributed by atoms with Crippen LogP contribution in [0.15, 0.2) is 66.9 Å². The maximum absolute atomic E-state index is 13.9. The SMILES string of the molecule is Cc1cccc2c1/C(=C\Nc1ccc(N3Cc4ccccc4C3)c(C(F)(F)F)c1)C(=O)N2. The van der Waals surface area contributed by atoms with E-state index in [0.717, 1.165) is 28.3 Å². The van der Waals surface area contributed by atoms with Gasteiger partial charge < -0.3 is 15.5 Å². The number of halogens is 3. The number of aryl methyl sites for hydroxylation is 1. The van der Waals surface area contributed by atoms with Gasteiger partial charge in [0.05, 0.1) is 11.1 Å². The molecule has 162 valence electrons. The molecule has 0 saturated heterocycles. The van der Waals surface area contributed by atoms with Crippen molar-refractivity contribution in [3.8, 4) is 0 Å². The molecule has 7 heteroatoms. The zero-order valence-electron chi connectivity index (χ0n) is 17.3. The summed E-state index contributed by atoms with van der Waals surface area (Å²) in [4.78, 5) is 14.1. The van der Waals surface area contributed by atoms with Crippen LogP contribution in [0.3, 0.4) is 0 Å². The first-order valence-corrected chi connectivity index (χ1v) is 10.2. The van der Waals surface area contributed by atoms with Gasteiger partial charge in [0, 0.05) is 41.9 Å². The first-order chi connectivity index (χ1) is 15.3. The highest BCUT2D eigenvalue weighted by molar-refractivity contribution is 6.32. The van der Waals surface area contributed by atoms with Crippen LogP contribution in [0.2, 0.25) is 0 Å². The zero-order valence-corrected chi connectivity index (χ0v) is 17.3. The van der Waals surface area contributed by atoms with E-state index in [-0.39, 0.29) is 17.3 Å². The van der Waals surface area contributed by atoms with Crippen LogP contribution in [0.4, 0.5) is 30.2 Å². The minimum absolute atomic E-state index is 0.145. The van der Waals surface area contributed by atoms with E-state index in [2.05, 4.69) is 10.6 Å². The van der Waals surface area contributed by atoms with Crippen molar-refractivity contribution >= 4 is 28.5 Å². The molecule has 3 aromatic carbocycles. The molecule has 5 rings (SSSR count). The summed E-state index contributed by atoms with van der Waals surface area (Å²) >= 11 is 0. The number of nitrogens with zero attached hydrogens (tertiary/aromatic N) is 1. The molecule has 2 aliphatic rings. The van der Waals surface area contributed by atoms with E-state index in [9.17, 15) is 18.0 Å². The number of carbonyl (C=O) groups excluding carboxylic acids is 1. The van der Waals surface area contributed by atoms with E-state index < -0.39 is 11.7 Å². The predicted octanol–water partition coefficient (Wildman–Crippen LogP) is 5.94. The van der Waals surface area contributed by atoms with Crippen LogP contribution in [0, 0.1) is 6.92 Å². The fourth-order valence-electron chi connectivity index (χ4n) is 4.36. The number of amides is 1. The van der Waals surface area contributed by atoms with Gasteiger partial charge in [-0.15, -0.1) is 0 Å². The minimum Gasteiger partial charge on any atom is -0.362 e. The monoisotopic (exact) mass is 435 g/mol. The van der Waals surface area contributed by atoms with E-state index in [0.29, 0.717) is 24.4 Å². The van der Waals surface area contributed by atoms with Gasteiger partial charge in [-0.25, -0.2) is 0 Å². The predicted molar refractivity (Wildman–Crippen MR) is 119 cm³/mol. The van der Waals surface area contributed by atoms with Gasteiger partial charge in [0.1, 0.15) is 0 Å². The second-order valence-corrected chi connectivity index (χ2v) is 8.01. The summed E-state index contributed by atoms with van der Waals surface area (Å²) in [6, 6.07) is 17.4. The Morgan fingerprint density at radius 2 is 1.72 bits per heavy atom. The van der Waals surface area contributed by atoms with Crippen LogP contribution in [0.5, 0.6) is 0 Å². The summed E-state index contributed by atoms with van der Waals surface area (Å²) in [5.41, 5.74) is 4.53. The highest BCUT2D eigenvalue weighted by Gasteiger charge is 2.36. The Kier molecular flexibility index (Phi) is 4.69. The number of alkyl halides is 3. The highest BCUT2D eigenvalue weighted by atomic mass is 19.4. The van der Waals surface area contributed by atoms with Gasteiger partial charge in [0.25, 0.3) is 5.91 Å². The molecule has 2 aliphatic heterocycles. The standard InChI is InChI=1S/C25H20F3N3O/c1-15-5-4-8-21-23(15)19(24(32)30-21)12-29-18-9-10-22(20(11-18)25(26,27)28)31-13-16-6-2-3-7-17(16)14-31/h2-12,29H,13-14H2,1H3,(H,30,32)/b19-12+. The van der Waals surface area contributed by atoms with Gasteiger partial charge in [-0.1, -0.05) is 36.4 Å². The van der Waals surface area contributed by atoms with Crippen LogP contribution in [0.1, 0.15) is 27.8 Å². The zero-order chi connectivity index (χ0) is 22.5. The second kappa shape index (κ2) is 7.44. The number of hydrogen-bond acceptors (Lipinski definition) is 3. The van der Waals surface area contributed by atoms with Crippen LogP contribution in [-0.2, 0) is 24.1 Å². The fraction of sp³-hybridized carbons (Fsp3) is 0.160. The van der Waals surface area contributed by atoms with Gasteiger partial charge in [0.2, 0.25) is 0 Å². The quantitative estimate of drug-likeness (QED) is 0.501. The molecule has 1 amide bonds. The van der Waals surface area contributed by atoms with Gasteiger partial charge in [-0.3, -0.25) is 4.79 Å². The second-order valence-electron chi connectivity index (χ2n) is 8.01. The number of anilines is 3. The molecule has 0 atom stereocenters. The summed E-state index contributed by atoms with van der Waals surface area (Å²) < 4.78 is 41.8. The van der Waals surface area contributed by atoms with Crippen molar-refractivity contribution in [1.29, 1.82) is 0 Å². The van der Waals surface area contributed by atoms with E-state index in [4.69, 9.17) is 0 Å². The molecule has 0 radical (unpaired) electrons.